The number of hydrogen-bond acceptors (Lipinski definition) is 3. The van der Waals surface area contributed by atoms with Crippen LogP contribution in [-0.4, -0.2) is 47.6 Å². The van der Waals surface area contributed by atoms with Gasteiger partial charge in [-0.3, -0.25) is 9.59 Å². The first-order valence-electron chi connectivity index (χ1n) is 7.33. The largest absolute Gasteiger partial charge is 0.379 e. The van der Waals surface area contributed by atoms with E-state index in [1.165, 1.54) is 0 Å². The van der Waals surface area contributed by atoms with Crippen LogP contribution in [0.1, 0.15) is 53.9 Å². The second-order valence-corrected chi connectivity index (χ2v) is 6.63. The van der Waals surface area contributed by atoms with E-state index in [1.54, 1.807) is 25.9 Å². The van der Waals surface area contributed by atoms with Crippen LogP contribution < -0.4 is 5.32 Å². The van der Waals surface area contributed by atoms with Gasteiger partial charge in [-0.2, -0.15) is 0 Å². The summed E-state index contributed by atoms with van der Waals surface area (Å²) in [4.78, 5) is 26.5. The Kier molecular flexibility index (Phi) is 5.19. The van der Waals surface area contributed by atoms with Crippen LogP contribution in [-0.2, 0) is 14.3 Å². The Balaban J connectivity index is 2.89. The first-order chi connectivity index (χ1) is 9.14. The van der Waals surface area contributed by atoms with E-state index >= 15 is 0 Å². The van der Waals surface area contributed by atoms with Gasteiger partial charge in [-0.15, -0.1) is 0 Å². The van der Waals surface area contributed by atoms with E-state index in [0.29, 0.717) is 19.4 Å². The Morgan fingerprint density at radius 1 is 1.35 bits per heavy atom. The van der Waals surface area contributed by atoms with Crippen molar-refractivity contribution in [1.29, 1.82) is 0 Å². The fraction of sp³-hybridized carbons (Fsp3) is 0.867. The van der Waals surface area contributed by atoms with Crippen molar-refractivity contribution in [3.63, 3.8) is 0 Å². The highest BCUT2D eigenvalue weighted by Gasteiger charge is 2.44. The van der Waals surface area contributed by atoms with Crippen molar-refractivity contribution >= 4 is 11.8 Å². The minimum absolute atomic E-state index is 0.0116. The van der Waals surface area contributed by atoms with Crippen molar-refractivity contribution in [3.05, 3.63) is 0 Å². The number of carbonyl (C=O) groups excluding carboxylic acids is 2. The zero-order chi connectivity index (χ0) is 15.6. The van der Waals surface area contributed by atoms with Gasteiger partial charge in [0.2, 0.25) is 11.8 Å². The first kappa shape index (κ1) is 17.0. The van der Waals surface area contributed by atoms with Crippen molar-refractivity contribution in [2.75, 3.05) is 13.7 Å². The average molecular weight is 284 g/mol. The van der Waals surface area contributed by atoms with Crippen LogP contribution in [0.4, 0.5) is 0 Å². The smallest absolute Gasteiger partial charge is 0.248 e. The normalized spacial score (nSPS) is 22.9. The minimum Gasteiger partial charge on any atom is -0.379 e. The number of carbonyl (C=O) groups is 2. The fourth-order valence-electron chi connectivity index (χ4n) is 2.40. The lowest BCUT2D eigenvalue weighted by molar-refractivity contribution is -0.154. The molecule has 0 aliphatic carbocycles. The average Bonchev–Trinajstić information content (AvgIpc) is 2.35. The van der Waals surface area contributed by atoms with E-state index in [-0.39, 0.29) is 23.5 Å². The van der Waals surface area contributed by atoms with Crippen LogP contribution in [0, 0.1) is 0 Å². The van der Waals surface area contributed by atoms with Crippen LogP contribution in [0.2, 0.25) is 0 Å². The summed E-state index contributed by atoms with van der Waals surface area (Å²) in [5, 5.41) is 2.82. The number of rotatable bonds is 6. The van der Waals surface area contributed by atoms with Gasteiger partial charge in [-0.1, -0.05) is 13.3 Å². The molecule has 20 heavy (non-hydrogen) atoms. The summed E-state index contributed by atoms with van der Waals surface area (Å²) in [6, 6.07) is -0.354. The van der Waals surface area contributed by atoms with E-state index in [2.05, 4.69) is 5.32 Å². The molecule has 116 valence electrons. The lowest BCUT2D eigenvalue weighted by atomic mass is 9.93. The molecule has 1 heterocycles. The maximum Gasteiger partial charge on any atom is 0.248 e. The van der Waals surface area contributed by atoms with Gasteiger partial charge in [0, 0.05) is 13.7 Å². The lowest BCUT2D eigenvalue weighted by Crippen LogP contribution is -2.68. The van der Waals surface area contributed by atoms with E-state index < -0.39 is 5.54 Å². The van der Waals surface area contributed by atoms with Crippen molar-refractivity contribution < 1.29 is 14.3 Å². The van der Waals surface area contributed by atoms with Crippen molar-refractivity contribution in [3.8, 4) is 0 Å². The van der Waals surface area contributed by atoms with Gasteiger partial charge in [0.1, 0.15) is 11.6 Å². The predicted octanol–water partition coefficient (Wildman–Crippen LogP) is 1.71. The molecule has 0 radical (unpaired) electrons. The third-order valence-electron chi connectivity index (χ3n) is 3.98. The SMILES string of the molecule is CCCC1C(=O)NC(C)(C)C(=O)N1CCC(C)(C)OC. The second-order valence-electron chi connectivity index (χ2n) is 6.63. The summed E-state index contributed by atoms with van der Waals surface area (Å²) < 4.78 is 5.40. The summed E-state index contributed by atoms with van der Waals surface area (Å²) in [5.41, 5.74) is -1.12. The number of hydrogen-bond donors (Lipinski definition) is 1. The molecule has 1 unspecified atom stereocenters. The monoisotopic (exact) mass is 284 g/mol. The zero-order valence-corrected chi connectivity index (χ0v) is 13.6. The molecule has 1 aliphatic heterocycles. The van der Waals surface area contributed by atoms with Gasteiger partial charge >= 0.3 is 0 Å². The van der Waals surface area contributed by atoms with Gasteiger partial charge in [0.05, 0.1) is 5.60 Å². The summed E-state index contributed by atoms with van der Waals surface area (Å²) >= 11 is 0. The highest BCUT2D eigenvalue weighted by molar-refractivity contribution is 5.99. The van der Waals surface area contributed by atoms with E-state index in [0.717, 1.165) is 6.42 Å². The van der Waals surface area contributed by atoms with E-state index in [9.17, 15) is 9.59 Å². The van der Waals surface area contributed by atoms with E-state index in [4.69, 9.17) is 4.74 Å². The van der Waals surface area contributed by atoms with Gasteiger partial charge in [0.15, 0.2) is 0 Å². The number of piperazine rings is 1. The molecule has 5 heteroatoms. The van der Waals surface area contributed by atoms with Gasteiger partial charge < -0.3 is 15.0 Å². The standard InChI is InChI=1S/C15H28N2O3/c1-7-8-11-12(18)16-15(4,5)13(19)17(11)10-9-14(2,3)20-6/h11H,7-10H2,1-6H3,(H,16,18). The minimum atomic E-state index is -0.821. The number of ether oxygens (including phenoxy) is 1. The summed E-state index contributed by atoms with van der Waals surface area (Å²) in [7, 11) is 1.66. The number of nitrogens with zero attached hydrogens (tertiary/aromatic N) is 1. The van der Waals surface area contributed by atoms with Crippen LogP contribution in [0.5, 0.6) is 0 Å². The predicted molar refractivity (Wildman–Crippen MR) is 78.3 cm³/mol. The Morgan fingerprint density at radius 2 is 1.95 bits per heavy atom. The number of methoxy groups -OCH3 is 1. The molecule has 1 atom stereocenters. The number of amides is 2. The maximum absolute atomic E-state index is 12.6. The third-order valence-corrected chi connectivity index (χ3v) is 3.98. The molecule has 1 saturated heterocycles. The summed E-state index contributed by atoms with van der Waals surface area (Å²) in [5.74, 6) is -0.0610. The Bertz CT molecular complexity index is 377. The van der Waals surface area contributed by atoms with Gasteiger partial charge in [-0.25, -0.2) is 0 Å². The van der Waals surface area contributed by atoms with Crippen LogP contribution in [0.3, 0.4) is 0 Å². The molecule has 1 aliphatic rings. The molecule has 0 aromatic heterocycles. The van der Waals surface area contributed by atoms with Gasteiger partial charge in [-0.05, 0) is 40.5 Å². The Hall–Kier alpha value is -1.10. The van der Waals surface area contributed by atoms with Crippen LogP contribution >= 0.6 is 0 Å². The molecular formula is C15H28N2O3. The molecule has 5 nitrogen and oxygen atoms in total. The van der Waals surface area contributed by atoms with Crippen molar-refractivity contribution in [1.82, 2.24) is 10.2 Å². The molecule has 0 spiro atoms. The Morgan fingerprint density at radius 3 is 2.45 bits per heavy atom. The summed E-state index contributed by atoms with van der Waals surface area (Å²) in [6.45, 7) is 10.0. The lowest BCUT2D eigenvalue weighted by Gasteiger charge is -2.43. The second kappa shape index (κ2) is 6.12. The quantitative estimate of drug-likeness (QED) is 0.808. The molecule has 1 fully saturated rings. The number of nitrogens with one attached hydrogen (secondary N) is 1. The highest BCUT2D eigenvalue weighted by atomic mass is 16.5. The topological polar surface area (TPSA) is 58.6 Å². The van der Waals surface area contributed by atoms with Crippen molar-refractivity contribution in [2.24, 2.45) is 0 Å². The van der Waals surface area contributed by atoms with Crippen LogP contribution in [0.25, 0.3) is 0 Å². The van der Waals surface area contributed by atoms with E-state index in [1.807, 2.05) is 20.8 Å². The molecule has 1 rings (SSSR count). The molecule has 1 N–H and O–H groups in total. The zero-order valence-electron chi connectivity index (χ0n) is 13.6. The first-order valence-corrected chi connectivity index (χ1v) is 7.33. The maximum atomic E-state index is 12.6. The summed E-state index contributed by atoms with van der Waals surface area (Å²) in [6.07, 6.45) is 2.27. The molecule has 0 bridgehead atoms. The Labute approximate surface area is 122 Å². The fourth-order valence-corrected chi connectivity index (χ4v) is 2.40. The molecule has 0 saturated carbocycles. The van der Waals surface area contributed by atoms with Gasteiger partial charge in [0.25, 0.3) is 0 Å². The molecular weight excluding hydrogens is 256 g/mol. The highest BCUT2D eigenvalue weighted by Crippen LogP contribution is 2.23. The van der Waals surface area contributed by atoms with Crippen molar-refractivity contribution in [2.45, 2.75) is 71.1 Å². The molecule has 2 amide bonds. The van der Waals surface area contributed by atoms with Crippen LogP contribution in [0.15, 0.2) is 0 Å². The third kappa shape index (κ3) is 3.72. The molecule has 0 aromatic rings. The molecule has 0 aromatic carbocycles.